The number of carbonyl (C=O) groups excluding carboxylic acids is 1. The number of carbonyl (C=O) groups is 1. The Bertz CT molecular complexity index is 1200. The molecule has 2 aromatic heterocycles. The van der Waals surface area contributed by atoms with Gasteiger partial charge in [-0.3, -0.25) is 4.79 Å². The number of nitrogens with zero attached hydrogens (tertiary/aromatic N) is 5. The molecule has 6 heteroatoms. The van der Waals surface area contributed by atoms with Crippen molar-refractivity contribution in [2.75, 3.05) is 4.90 Å². The number of anilines is 1. The Morgan fingerprint density at radius 2 is 1.76 bits per heavy atom. The highest BCUT2D eigenvalue weighted by Gasteiger charge is 2.24. The van der Waals surface area contributed by atoms with Crippen molar-refractivity contribution >= 4 is 11.6 Å². The van der Waals surface area contributed by atoms with Crippen molar-refractivity contribution in [2.24, 2.45) is 7.05 Å². The van der Waals surface area contributed by atoms with Gasteiger partial charge in [0.15, 0.2) is 5.82 Å². The highest BCUT2D eigenvalue weighted by molar-refractivity contribution is 6.06. The number of hydrogen-bond donors (Lipinski definition) is 0. The number of aryl methyl sites for hydroxylation is 2. The maximum atomic E-state index is 13.4. The third kappa shape index (κ3) is 3.02. The zero-order valence-corrected chi connectivity index (χ0v) is 16.4. The number of rotatable bonds is 2. The molecule has 3 heterocycles. The summed E-state index contributed by atoms with van der Waals surface area (Å²) in [6.07, 6.45) is 2.07. The van der Waals surface area contributed by atoms with Gasteiger partial charge in [0, 0.05) is 42.3 Å². The van der Waals surface area contributed by atoms with Crippen LogP contribution in [0.4, 0.5) is 5.69 Å². The van der Waals surface area contributed by atoms with Gasteiger partial charge in [0.05, 0.1) is 6.54 Å². The van der Waals surface area contributed by atoms with Gasteiger partial charge in [-0.2, -0.15) is 5.10 Å². The first-order valence-corrected chi connectivity index (χ1v) is 9.62. The second kappa shape index (κ2) is 6.74. The molecule has 0 unspecified atom stereocenters. The van der Waals surface area contributed by atoms with E-state index in [1.54, 1.807) is 4.68 Å². The Balaban J connectivity index is 1.51. The van der Waals surface area contributed by atoms with Crippen molar-refractivity contribution < 1.29 is 4.79 Å². The predicted molar refractivity (Wildman–Crippen MR) is 112 cm³/mol. The molecule has 5 rings (SSSR count). The summed E-state index contributed by atoms with van der Waals surface area (Å²) in [7, 11) is 1.87. The Morgan fingerprint density at radius 3 is 2.52 bits per heavy atom. The van der Waals surface area contributed by atoms with Gasteiger partial charge in [-0.25, -0.2) is 9.67 Å². The maximum absolute atomic E-state index is 13.4. The van der Waals surface area contributed by atoms with Crippen LogP contribution in [0.5, 0.6) is 0 Å². The first kappa shape index (κ1) is 17.4. The molecular weight excluding hydrogens is 362 g/mol. The number of benzene rings is 2. The lowest BCUT2D eigenvalue weighted by molar-refractivity contribution is 0.0985. The smallest absolute Gasteiger partial charge is 0.258 e. The number of amides is 1. The molecule has 29 heavy (non-hydrogen) atoms. The maximum Gasteiger partial charge on any atom is 0.258 e. The van der Waals surface area contributed by atoms with E-state index in [1.165, 1.54) is 0 Å². The van der Waals surface area contributed by atoms with E-state index in [2.05, 4.69) is 33.0 Å². The van der Waals surface area contributed by atoms with E-state index in [4.69, 9.17) is 0 Å². The molecule has 0 saturated heterocycles. The van der Waals surface area contributed by atoms with E-state index in [0.717, 1.165) is 40.7 Å². The van der Waals surface area contributed by atoms with Gasteiger partial charge in [0.2, 0.25) is 0 Å². The van der Waals surface area contributed by atoms with Crippen LogP contribution >= 0.6 is 0 Å². The lowest BCUT2D eigenvalue weighted by Gasteiger charge is -2.23. The third-order valence-corrected chi connectivity index (χ3v) is 5.37. The Kier molecular flexibility index (Phi) is 4.05. The predicted octanol–water partition coefficient (Wildman–Crippen LogP) is 3.80. The molecule has 0 N–H and O–H groups in total. The summed E-state index contributed by atoms with van der Waals surface area (Å²) in [5.41, 5.74) is 4.83. The summed E-state index contributed by atoms with van der Waals surface area (Å²) < 4.78 is 3.96. The summed E-state index contributed by atoms with van der Waals surface area (Å²) in [5, 5.41) is 4.30. The number of para-hydroxylation sites is 1. The van der Waals surface area contributed by atoms with Crippen molar-refractivity contribution in [1.29, 1.82) is 0 Å². The SMILES string of the molecule is Cc1nc(-c2ccc(C(=O)N3Cc4cccn4Cc4ccccc43)cc2)n(C)n1. The minimum absolute atomic E-state index is 0.00667. The van der Waals surface area contributed by atoms with E-state index in [1.807, 2.05) is 67.4 Å². The summed E-state index contributed by atoms with van der Waals surface area (Å²) in [5.74, 6) is 1.51. The van der Waals surface area contributed by atoms with Crippen LogP contribution in [0.3, 0.4) is 0 Å². The van der Waals surface area contributed by atoms with Crippen molar-refractivity contribution in [2.45, 2.75) is 20.0 Å². The molecule has 1 aliphatic heterocycles. The summed E-state index contributed by atoms with van der Waals surface area (Å²) in [6, 6.07) is 19.8. The molecule has 0 fully saturated rings. The molecule has 0 atom stereocenters. The second-order valence-electron chi connectivity index (χ2n) is 7.33. The van der Waals surface area contributed by atoms with Gasteiger partial charge in [-0.1, -0.05) is 30.3 Å². The fourth-order valence-electron chi connectivity index (χ4n) is 3.95. The van der Waals surface area contributed by atoms with Gasteiger partial charge in [-0.05, 0) is 42.8 Å². The summed E-state index contributed by atoms with van der Waals surface area (Å²) in [4.78, 5) is 19.8. The van der Waals surface area contributed by atoms with Crippen LogP contribution in [0.15, 0.2) is 66.9 Å². The van der Waals surface area contributed by atoms with E-state index in [-0.39, 0.29) is 5.91 Å². The molecule has 1 aliphatic rings. The van der Waals surface area contributed by atoms with Crippen LogP contribution in [-0.2, 0) is 20.1 Å². The van der Waals surface area contributed by atoms with E-state index in [9.17, 15) is 4.79 Å². The number of hydrogen-bond acceptors (Lipinski definition) is 3. The van der Waals surface area contributed by atoms with Crippen LogP contribution < -0.4 is 4.90 Å². The van der Waals surface area contributed by atoms with Crippen molar-refractivity contribution in [3.63, 3.8) is 0 Å². The molecule has 0 aliphatic carbocycles. The standard InChI is InChI=1S/C23H21N5O/c1-16-24-22(26(2)25-16)17-9-11-18(12-10-17)23(29)28-15-20-7-5-13-27(20)14-19-6-3-4-8-21(19)28/h3-13H,14-15H2,1-2H3. The molecule has 0 radical (unpaired) electrons. The molecule has 0 spiro atoms. The second-order valence-corrected chi connectivity index (χ2v) is 7.33. The van der Waals surface area contributed by atoms with Crippen LogP contribution in [-0.4, -0.2) is 25.2 Å². The normalized spacial score (nSPS) is 13.0. The summed E-state index contributed by atoms with van der Waals surface area (Å²) >= 11 is 0. The Morgan fingerprint density at radius 1 is 0.966 bits per heavy atom. The topological polar surface area (TPSA) is 56.0 Å². The minimum Gasteiger partial charge on any atom is -0.345 e. The van der Waals surface area contributed by atoms with Gasteiger partial charge in [0.1, 0.15) is 5.82 Å². The van der Waals surface area contributed by atoms with Crippen molar-refractivity contribution in [3.8, 4) is 11.4 Å². The van der Waals surface area contributed by atoms with Crippen molar-refractivity contribution in [3.05, 3.63) is 89.5 Å². The number of fused-ring (bicyclic) bond motifs is 2. The van der Waals surface area contributed by atoms with Crippen LogP contribution in [0, 0.1) is 6.92 Å². The summed E-state index contributed by atoms with van der Waals surface area (Å²) in [6.45, 7) is 3.19. The quantitative estimate of drug-likeness (QED) is 0.529. The molecule has 1 amide bonds. The third-order valence-electron chi connectivity index (χ3n) is 5.37. The zero-order chi connectivity index (χ0) is 20.0. The average molecular weight is 383 g/mol. The van der Waals surface area contributed by atoms with E-state index in [0.29, 0.717) is 12.1 Å². The highest BCUT2D eigenvalue weighted by atomic mass is 16.2. The van der Waals surface area contributed by atoms with Crippen molar-refractivity contribution in [1.82, 2.24) is 19.3 Å². The molecule has 4 aromatic rings. The van der Waals surface area contributed by atoms with Crippen LogP contribution in [0.25, 0.3) is 11.4 Å². The van der Waals surface area contributed by atoms with Gasteiger partial charge in [-0.15, -0.1) is 0 Å². The lowest BCUT2D eigenvalue weighted by atomic mass is 10.1. The highest BCUT2D eigenvalue weighted by Crippen LogP contribution is 2.29. The Hall–Kier alpha value is -3.67. The zero-order valence-electron chi connectivity index (χ0n) is 16.4. The van der Waals surface area contributed by atoms with Gasteiger partial charge < -0.3 is 9.47 Å². The molecule has 0 bridgehead atoms. The largest absolute Gasteiger partial charge is 0.345 e. The Labute approximate surface area is 169 Å². The fraction of sp³-hybridized carbons (Fsp3) is 0.174. The molecule has 2 aromatic carbocycles. The van der Waals surface area contributed by atoms with E-state index < -0.39 is 0 Å². The van der Waals surface area contributed by atoms with Crippen LogP contribution in [0.2, 0.25) is 0 Å². The molecular formula is C23H21N5O. The molecule has 144 valence electrons. The van der Waals surface area contributed by atoms with Gasteiger partial charge in [0.25, 0.3) is 5.91 Å². The van der Waals surface area contributed by atoms with Crippen LogP contribution in [0.1, 0.15) is 27.4 Å². The first-order valence-electron chi connectivity index (χ1n) is 9.62. The minimum atomic E-state index is -0.00667. The molecule has 6 nitrogen and oxygen atoms in total. The van der Waals surface area contributed by atoms with E-state index >= 15 is 0 Å². The average Bonchev–Trinajstić information content (AvgIpc) is 3.27. The molecule has 0 saturated carbocycles. The van der Waals surface area contributed by atoms with Gasteiger partial charge >= 0.3 is 0 Å². The monoisotopic (exact) mass is 383 g/mol. The number of aromatic nitrogens is 4. The fourth-order valence-corrected chi connectivity index (χ4v) is 3.95. The first-order chi connectivity index (χ1) is 14.1. The lowest BCUT2D eigenvalue weighted by Crippen LogP contribution is -2.30.